The first-order valence-electron chi connectivity index (χ1n) is 12.7. The quantitative estimate of drug-likeness (QED) is 0.305. The van der Waals surface area contributed by atoms with Crippen LogP contribution in [0.15, 0.2) is 47.4 Å². The molecule has 2 aromatic rings. The molecule has 0 heterocycles. The molecular formula is C27H36Cl3N3O4S. The van der Waals surface area contributed by atoms with E-state index in [4.69, 9.17) is 39.5 Å². The number of carbonyl (C=O) groups is 1. The fourth-order valence-corrected chi connectivity index (χ4v) is 7.87. The van der Waals surface area contributed by atoms with E-state index in [2.05, 4.69) is 60.0 Å². The van der Waals surface area contributed by atoms with Crippen LogP contribution in [0.4, 0.5) is 0 Å². The molecule has 7 nitrogen and oxygen atoms in total. The molecule has 0 radical (unpaired) electrons. The normalized spacial score (nSPS) is 18.9. The molecule has 0 bridgehead atoms. The van der Waals surface area contributed by atoms with Gasteiger partial charge in [0.1, 0.15) is 17.4 Å². The number of carbonyl (C=O) groups excluding carboxylic acids is 1. The molecule has 1 aliphatic rings. The van der Waals surface area contributed by atoms with Crippen molar-refractivity contribution in [3.63, 3.8) is 0 Å². The van der Waals surface area contributed by atoms with Crippen LogP contribution in [0.5, 0.6) is 0 Å². The van der Waals surface area contributed by atoms with Gasteiger partial charge in [-0.25, -0.2) is 8.42 Å². The van der Waals surface area contributed by atoms with Crippen molar-refractivity contribution in [1.82, 2.24) is 15.5 Å². The minimum Gasteiger partial charge on any atom is -0.370 e. The number of rotatable bonds is 13. The van der Waals surface area contributed by atoms with Crippen LogP contribution in [-0.4, -0.2) is 65.5 Å². The Labute approximate surface area is 241 Å². The topological polar surface area (TPSA) is 87.7 Å². The van der Waals surface area contributed by atoms with E-state index >= 15 is 0 Å². The second-order valence-electron chi connectivity index (χ2n) is 9.91. The molecule has 1 fully saturated rings. The van der Waals surface area contributed by atoms with Gasteiger partial charge in [-0.3, -0.25) is 4.79 Å². The molecule has 0 saturated heterocycles. The monoisotopic (exact) mass is 603 g/mol. The zero-order valence-electron chi connectivity index (χ0n) is 21.8. The lowest BCUT2D eigenvalue weighted by molar-refractivity contribution is -0.125. The van der Waals surface area contributed by atoms with Gasteiger partial charge in [-0.05, 0) is 69.3 Å². The maximum Gasteiger partial charge on any atom is 0.246 e. The number of hydrogen-bond donors (Lipinski definition) is 2. The van der Waals surface area contributed by atoms with E-state index in [9.17, 15) is 13.2 Å². The van der Waals surface area contributed by atoms with Crippen molar-refractivity contribution in [1.29, 1.82) is 0 Å². The van der Waals surface area contributed by atoms with Gasteiger partial charge >= 0.3 is 0 Å². The van der Waals surface area contributed by atoms with Gasteiger partial charge in [-0.15, -0.1) is 0 Å². The maximum atomic E-state index is 12.5. The van der Waals surface area contributed by atoms with Crippen molar-refractivity contribution >= 4 is 50.5 Å². The third kappa shape index (κ3) is 9.08. The SMILES string of the molecule is CN(C)C(c1ccccc1)C1CCC(CNC(=O)COCCNCS(=O)(=O)c2c(Cl)cc(Cl)cc2Cl)CC1. The average molecular weight is 605 g/mol. The standard InChI is InChI=1S/C27H36Cl3N3O4S/c1-33(2)26(20-6-4-3-5-7-20)21-10-8-19(9-11-21)16-32-25(34)17-37-13-12-31-18-38(35,36)27-23(29)14-22(28)15-24(27)30/h3-7,14-15,19,21,26,31H,8-13,16-18H2,1-2H3,(H,32,34). The van der Waals surface area contributed by atoms with Crippen LogP contribution in [0.2, 0.25) is 15.1 Å². The first-order valence-corrected chi connectivity index (χ1v) is 15.5. The molecule has 2 N–H and O–H groups in total. The van der Waals surface area contributed by atoms with E-state index < -0.39 is 9.84 Å². The molecule has 1 amide bonds. The van der Waals surface area contributed by atoms with Gasteiger partial charge in [-0.1, -0.05) is 65.1 Å². The Bertz CT molecular complexity index is 1130. The van der Waals surface area contributed by atoms with Crippen molar-refractivity contribution in [3.8, 4) is 0 Å². The highest BCUT2D eigenvalue weighted by Gasteiger charge is 2.30. The summed E-state index contributed by atoms with van der Waals surface area (Å²) in [7, 11) is 0.520. The number of ether oxygens (including phenoxy) is 1. The third-order valence-electron chi connectivity index (χ3n) is 6.85. The lowest BCUT2D eigenvalue weighted by Crippen LogP contribution is -2.36. The van der Waals surface area contributed by atoms with Crippen molar-refractivity contribution in [2.75, 3.05) is 46.3 Å². The number of hydrogen-bond acceptors (Lipinski definition) is 6. The van der Waals surface area contributed by atoms with Crippen LogP contribution < -0.4 is 10.6 Å². The fourth-order valence-electron chi connectivity index (χ4n) is 5.07. The van der Waals surface area contributed by atoms with Crippen LogP contribution in [0.25, 0.3) is 0 Å². The summed E-state index contributed by atoms with van der Waals surface area (Å²) >= 11 is 17.9. The Morgan fingerprint density at radius 2 is 1.68 bits per heavy atom. The summed E-state index contributed by atoms with van der Waals surface area (Å²) in [4.78, 5) is 14.4. The minimum atomic E-state index is -3.76. The van der Waals surface area contributed by atoms with Crippen molar-refractivity contribution in [2.24, 2.45) is 11.8 Å². The maximum absolute atomic E-state index is 12.5. The average Bonchev–Trinajstić information content (AvgIpc) is 2.85. The molecular weight excluding hydrogens is 569 g/mol. The molecule has 1 aliphatic carbocycles. The molecule has 1 atom stereocenters. The molecule has 11 heteroatoms. The van der Waals surface area contributed by atoms with Crippen LogP contribution in [0.3, 0.4) is 0 Å². The van der Waals surface area contributed by atoms with Gasteiger partial charge in [0.25, 0.3) is 0 Å². The first kappa shape index (κ1) is 31.1. The fraction of sp³-hybridized carbons (Fsp3) is 0.519. The van der Waals surface area contributed by atoms with E-state index in [1.54, 1.807) is 0 Å². The van der Waals surface area contributed by atoms with Crippen LogP contribution >= 0.6 is 34.8 Å². The van der Waals surface area contributed by atoms with Gasteiger partial charge in [0, 0.05) is 24.2 Å². The molecule has 210 valence electrons. The highest BCUT2D eigenvalue weighted by Crippen LogP contribution is 2.39. The van der Waals surface area contributed by atoms with Gasteiger partial charge in [0.2, 0.25) is 5.91 Å². The lowest BCUT2D eigenvalue weighted by atomic mass is 9.76. The second-order valence-corrected chi connectivity index (χ2v) is 13.1. The Kier molecular flexibility index (Phi) is 12.2. The van der Waals surface area contributed by atoms with Crippen LogP contribution in [0.1, 0.15) is 37.3 Å². The van der Waals surface area contributed by atoms with E-state index in [-0.39, 0.29) is 51.5 Å². The number of amides is 1. The van der Waals surface area contributed by atoms with Gasteiger partial charge in [0.15, 0.2) is 9.84 Å². The predicted octanol–water partition coefficient (Wildman–Crippen LogP) is 5.21. The van der Waals surface area contributed by atoms with E-state index in [0.717, 1.165) is 25.7 Å². The Morgan fingerprint density at radius 3 is 2.29 bits per heavy atom. The molecule has 2 aromatic carbocycles. The highest BCUT2D eigenvalue weighted by atomic mass is 35.5. The largest absolute Gasteiger partial charge is 0.370 e. The summed E-state index contributed by atoms with van der Waals surface area (Å²) in [5, 5.41) is 5.96. The Hall–Kier alpha value is -1.39. The van der Waals surface area contributed by atoms with Gasteiger partial charge in [0.05, 0.1) is 16.7 Å². The summed E-state index contributed by atoms with van der Waals surface area (Å²) in [5.74, 6) is 0.526. The lowest BCUT2D eigenvalue weighted by Gasteiger charge is -2.37. The minimum absolute atomic E-state index is 0.0283. The highest BCUT2D eigenvalue weighted by molar-refractivity contribution is 7.91. The predicted molar refractivity (Wildman–Crippen MR) is 154 cm³/mol. The van der Waals surface area contributed by atoms with Crippen molar-refractivity contribution in [3.05, 3.63) is 63.1 Å². The number of nitrogens with zero attached hydrogens (tertiary/aromatic N) is 1. The molecule has 38 heavy (non-hydrogen) atoms. The number of benzene rings is 2. The number of nitrogens with one attached hydrogen (secondary N) is 2. The Balaban J connectivity index is 1.31. The summed E-state index contributed by atoms with van der Waals surface area (Å²) in [6.45, 7) is 0.997. The molecule has 0 aliphatic heterocycles. The van der Waals surface area contributed by atoms with Gasteiger partial charge < -0.3 is 20.3 Å². The van der Waals surface area contributed by atoms with Crippen LogP contribution in [-0.2, 0) is 19.4 Å². The molecule has 0 spiro atoms. The summed E-state index contributed by atoms with van der Waals surface area (Å²) < 4.78 is 30.5. The van der Waals surface area contributed by atoms with Crippen molar-refractivity contribution < 1.29 is 17.9 Å². The third-order valence-corrected chi connectivity index (χ3v) is 9.53. The zero-order valence-corrected chi connectivity index (χ0v) is 24.8. The zero-order chi connectivity index (χ0) is 27.7. The molecule has 3 rings (SSSR count). The summed E-state index contributed by atoms with van der Waals surface area (Å²) in [6.07, 6.45) is 4.44. The van der Waals surface area contributed by atoms with E-state index in [1.165, 1.54) is 17.7 Å². The number of sulfone groups is 1. The molecule has 1 saturated carbocycles. The second kappa shape index (κ2) is 14.8. The van der Waals surface area contributed by atoms with Crippen LogP contribution in [0, 0.1) is 11.8 Å². The van der Waals surface area contributed by atoms with E-state index in [1.807, 2.05) is 0 Å². The summed E-state index contributed by atoms with van der Waals surface area (Å²) in [5.41, 5.74) is 1.36. The summed E-state index contributed by atoms with van der Waals surface area (Å²) in [6, 6.07) is 13.7. The first-order chi connectivity index (χ1) is 18.1. The smallest absolute Gasteiger partial charge is 0.246 e. The van der Waals surface area contributed by atoms with Gasteiger partial charge in [-0.2, -0.15) is 0 Å². The van der Waals surface area contributed by atoms with E-state index in [0.29, 0.717) is 24.4 Å². The van der Waals surface area contributed by atoms with Crippen molar-refractivity contribution in [2.45, 2.75) is 36.6 Å². The molecule has 0 aromatic heterocycles. The molecule has 1 unspecified atom stereocenters. The number of halogens is 3. The Morgan fingerprint density at radius 1 is 1.05 bits per heavy atom.